The highest BCUT2D eigenvalue weighted by Gasteiger charge is 2.17. The lowest BCUT2D eigenvalue weighted by Gasteiger charge is -2.22. The lowest BCUT2D eigenvalue weighted by molar-refractivity contribution is -0.130. The number of nitrogens with one attached hydrogen (secondary N) is 1. The number of hydrogen-bond acceptors (Lipinski definition) is 2. The van der Waals surface area contributed by atoms with Crippen LogP contribution < -0.4 is 5.32 Å². The Bertz CT molecular complexity index is 554. The molecule has 1 aromatic rings. The molecular weight excluding hydrogens is 307 g/mol. The zero-order valence-corrected chi connectivity index (χ0v) is 14.4. The summed E-state index contributed by atoms with van der Waals surface area (Å²) in [5.41, 5.74) is 0.469. The average Bonchev–Trinajstić information content (AvgIpc) is 2.81. The molecule has 1 aromatic carbocycles. The van der Waals surface area contributed by atoms with Gasteiger partial charge in [0.05, 0.1) is 0 Å². The smallest absolute Gasteiger partial charge is 0.221 e. The van der Waals surface area contributed by atoms with E-state index in [4.69, 9.17) is 0 Å². The van der Waals surface area contributed by atoms with Gasteiger partial charge < -0.3 is 10.2 Å². The molecule has 5 heteroatoms. The van der Waals surface area contributed by atoms with Crippen molar-refractivity contribution < 1.29 is 14.0 Å². The molecule has 1 aliphatic rings. The van der Waals surface area contributed by atoms with Crippen LogP contribution in [-0.4, -0.2) is 29.3 Å². The van der Waals surface area contributed by atoms with E-state index in [1.807, 2.05) is 0 Å². The van der Waals surface area contributed by atoms with Crippen molar-refractivity contribution in [1.29, 1.82) is 0 Å². The molecule has 0 radical (unpaired) electrons. The van der Waals surface area contributed by atoms with Gasteiger partial charge in [-0.15, -0.1) is 0 Å². The maximum Gasteiger partial charge on any atom is 0.221 e. The molecule has 0 bridgehead atoms. The van der Waals surface area contributed by atoms with E-state index < -0.39 is 0 Å². The van der Waals surface area contributed by atoms with Gasteiger partial charge in [0.15, 0.2) is 0 Å². The van der Waals surface area contributed by atoms with Crippen LogP contribution >= 0.6 is 0 Å². The van der Waals surface area contributed by atoms with E-state index >= 15 is 0 Å². The van der Waals surface area contributed by atoms with Crippen LogP contribution in [0.2, 0.25) is 0 Å². The maximum absolute atomic E-state index is 13.7. The van der Waals surface area contributed by atoms with Gasteiger partial charge in [-0.2, -0.15) is 0 Å². The summed E-state index contributed by atoms with van der Waals surface area (Å²) in [4.78, 5) is 25.4. The molecule has 1 N–H and O–H groups in total. The van der Waals surface area contributed by atoms with E-state index in [9.17, 15) is 14.0 Å². The Kier molecular flexibility index (Phi) is 7.22. The predicted octanol–water partition coefficient (Wildman–Crippen LogP) is 3.40. The van der Waals surface area contributed by atoms with Crippen molar-refractivity contribution in [1.82, 2.24) is 10.2 Å². The number of carbonyl (C=O) groups excluding carboxylic acids is 2. The lowest BCUT2D eigenvalue weighted by Crippen LogP contribution is -2.38. The summed E-state index contributed by atoms with van der Waals surface area (Å²) in [6, 6.07) is 6.67. The Balaban J connectivity index is 1.83. The third-order valence-electron chi connectivity index (χ3n) is 4.59. The van der Waals surface area contributed by atoms with Crippen molar-refractivity contribution in [2.45, 2.75) is 64.5 Å². The molecule has 4 nitrogen and oxygen atoms in total. The Morgan fingerprint density at radius 2 is 1.83 bits per heavy atom. The van der Waals surface area contributed by atoms with Crippen LogP contribution in [0.25, 0.3) is 0 Å². The molecule has 0 aliphatic heterocycles. The fraction of sp³-hybridized carbons (Fsp3) is 0.579. The summed E-state index contributed by atoms with van der Waals surface area (Å²) in [5, 5.41) is 3.08. The molecular formula is C19H27FN2O2. The van der Waals surface area contributed by atoms with Crippen LogP contribution in [0.1, 0.15) is 57.4 Å². The molecule has 132 valence electrons. The zero-order chi connectivity index (χ0) is 17.4. The number of rotatable bonds is 6. The highest BCUT2D eigenvalue weighted by Crippen LogP contribution is 2.17. The van der Waals surface area contributed by atoms with Crippen LogP contribution in [0, 0.1) is 5.82 Å². The molecule has 24 heavy (non-hydrogen) atoms. The van der Waals surface area contributed by atoms with Gasteiger partial charge in [0.1, 0.15) is 5.82 Å². The van der Waals surface area contributed by atoms with Gasteiger partial charge in [-0.1, -0.05) is 43.9 Å². The fourth-order valence-electron chi connectivity index (χ4n) is 3.14. The first kappa shape index (κ1) is 18.4. The Morgan fingerprint density at radius 3 is 2.46 bits per heavy atom. The van der Waals surface area contributed by atoms with Crippen molar-refractivity contribution in [2.24, 2.45) is 0 Å². The standard InChI is InChI=1S/C19H27FN2O2/c1-15(23)22(14-16-8-6-7-11-18(16)20)13-12-19(24)21-17-9-4-2-3-5-10-17/h6-8,11,17H,2-5,9-10,12-14H2,1H3,(H,21,24). The van der Waals surface area contributed by atoms with Gasteiger partial charge in [0.2, 0.25) is 11.8 Å². The molecule has 1 saturated carbocycles. The van der Waals surface area contributed by atoms with Crippen molar-refractivity contribution >= 4 is 11.8 Å². The zero-order valence-electron chi connectivity index (χ0n) is 14.4. The number of amides is 2. The fourth-order valence-corrected chi connectivity index (χ4v) is 3.14. The summed E-state index contributed by atoms with van der Waals surface area (Å²) >= 11 is 0. The summed E-state index contributed by atoms with van der Waals surface area (Å²) in [6.45, 7) is 1.95. The van der Waals surface area contributed by atoms with Gasteiger partial charge in [-0.3, -0.25) is 9.59 Å². The third kappa shape index (κ3) is 5.95. The van der Waals surface area contributed by atoms with E-state index in [2.05, 4.69) is 5.32 Å². The molecule has 0 unspecified atom stereocenters. The van der Waals surface area contributed by atoms with Gasteiger partial charge >= 0.3 is 0 Å². The van der Waals surface area contributed by atoms with Crippen molar-refractivity contribution in [3.05, 3.63) is 35.6 Å². The van der Waals surface area contributed by atoms with E-state index in [0.717, 1.165) is 25.7 Å². The number of hydrogen-bond donors (Lipinski definition) is 1. The minimum absolute atomic E-state index is 0.0262. The van der Waals surface area contributed by atoms with E-state index in [1.165, 1.54) is 30.7 Å². The second-order valence-corrected chi connectivity index (χ2v) is 6.54. The van der Waals surface area contributed by atoms with Crippen molar-refractivity contribution in [3.8, 4) is 0 Å². The van der Waals surface area contributed by atoms with Crippen molar-refractivity contribution in [2.75, 3.05) is 6.54 Å². The summed E-state index contributed by atoms with van der Waals surface area (Å²) in [6.07, 6.45) is 7.15. The lowest BCUT2D eigenvalue weighted by atomic mass is 10.1. The Hall–Kier alpha value is -1.91. The van der Waals surface area contributed by atoms with E-state index in [-0.39, 0.29) is 36.6 Å². The van der Waals surface area contributed by atoms with Crippen molar-refractivity contribution in [3.63, 3.8) is 0 Å². The maximum atomic E-state index is 13.7. The van der Waals surface area contributed by atoms with E-state index in [1.54, 1.807) is 18.2 Å². The SMILES string of the molecule is CC(=O)N(CCC(=O)NC1CCCCCC1)Cc1ccccc1F. The minimum atomic E-state index is -0.327. The number of halogens is 1. The molecule has 0 heterocycles. The average molecular weight is 334 g/mol. The molecule has 1 aliphatic carbocycles. The Morgan fingerprint density at radius 1 is 1.17 bits per heavy atom. The monoisotopic (exact) mass is 334 g/mol. The highest BCUT2D eigenvalue weighted by atomic mass is 19.1. The number of carbonyl (C=O) groups is 2. The van der Waals surface area contributed by atoms with Crippen LogP contribution in [0.3, 0.4) is 0 Å². The third-order valence-corrected chi connectivity index (χ3v) is 4.59. The molecule has 0 saturated heterocycles. The molecule has 2 amide bonds. The van der Waals surface area contributed by atoms with Crippen LogP contribution in [0.5, 0.6) is 0 Å². The quantitative estimate of drug-likeness (QED) is 0.811. The molecule has 2 rings (SSSR count). The normalized spacial score (nSPS) is 15.6. The summed E-state index contributed by atoms with van der Waals surface area (Å²) in [7, 11) is 0. The topological polar surface area (TPSA) is 49.4 Å². The van der Waals surface area contributed by atoms with E-state index in [0.29, 0.717) is 12.1 Å². The van der Waals surface area contributed by atoms with Gasteiger partial charge in [0, 0.05) is 38.0 Å². The first-order valence-corrected chi connectivity index (χ1v) is 8.84. The second kappa shape index (κ2) is 9.40. The molecule has 0 spiro atoms. The van der Waals surface area contributed by atoms with Crippen LogP contribution in [0.4, 0.5) is 4.39 Å². The summed E-state index contributed by atoms with van der Waals surface area (Å²) in [5.74, 6) is -0.506. The highest BCUT2D eigenvalue weighted by molar-refractivity contribution is 5.78. The largest absolute Gasteiger partial charge is 0.353 e. The second-order valence-electron chi connectivity index (χ2n) is 6.54. The Labute approximate surface area is 143 Å². The molecule has 0 atom stereocenters. The first-order chi connectivity index (χ1) is 11.6. The number of nitrogens with zero attached hydrogens (tertiary/aromatic N) is 1. The van der Waals surface area contributed by atoms with Gasteiger partial charge in [0.25, 0.3) is 0 Å². The van der Waals surface area contributed by atoms with Gasteiger partial charge in [-0.05, 0) is 18.9 Å². The first-order valence-electron chi connectivity index (χ1n) is 8.84. The van der Waals surface area contributed by atoms with Gasteiger partial charge in [-0.25, -0.2) is 4.39 Å². The van der Waals surface area contributed by atoms with Crippen LogP contribution in [-0.2, 0) is 16.1 Å². The molecule has 0 aromatic heterocycles. The number of benzene rings is 1. The molecule has 1 fully saturated rings. The predicted molar refractivity (Wildman–Crippen MR) is 91.7 cm³/mol. The van der Waals surface area contributed by atoms with Crippen LogP contribution in [0.15, 0.2) is 24.3 Å². The minimum Gasteiger partial charge on any atom is -0.353 e. The summed E-state index contributed by atoms with van der Waals surface area (Å²) < 4.78 is 13.7.